The minimum absolute atomic E-state index is 0.0474. The number of carbonyl (C=O) groups is 3. The molecule has 1 fully saturated rings. The Hall–Kier alpha value is -3.86. The first-order valence-electron chi connectivity index (χ1n) is 8.53. The molecule has 1 aliphatic heterocycles. The SMILES string of the molecule is N#Cc1ccc(N2CC(C(=O)NC(Cc3ccccc3)C(=O)O)OC2=O)cc1. The summed E-state index contributed by atoms with van der Waals surface area (Å²) in [5, 5.41) is 20.7. The summed E-state index contributed by atoms with van der Waals surface area (Å²) >= 11 is 0. The normalized spacial score (nSPS) is 16.8. The molecule has 2 unspecified atom stereocenters. The lowest BCUT2D eigenvalue weighted by Crippen LogP contribution is -2.47. The van der Waals surface area contributed by atoms with Crippen LogP contribution in [0.25, 0.3) is 0 Å². The fraction of sp³-hybridized carbons (Fsp3) is 0.200. The molecule has 0 aromatic heterocycles. The average molecular weight is 379 g/mol. The van der Waals surface area contributed by atoms with Crippen LogP contribution in [0.4, 0.5) is 10.5 Å². The van der Waals surface area contributed by atoms with Crippen molar-refractivity contribution < 1.29 is 24.2 Å². The molecule has 1 saturated heterocycles. The Balaban J connectivity index is 1.65. The van der Waals surface area contributed by atoms with E-state index >= 15 is 0 Å². The van der Waals surface area contributed by atoms with Crippen LogP contribution in [0.5, 0.6) is 0 Å². The van der Waals surface area contributed by atoms with Gasteiger partial charge in [-0.3, -0.25) is 9.69 Å². The third-order valence-electron chi connectivity index (χ3n) is 4.31. The van der Waals surface area contributed by atoms with Gasteiger partial charge < -0.3 is 15.2 Å². The summed E-state index contributed by atoms with van der Waals surface area (Å²) in [7, 11) is 0. The molecule has 2 N–H and O–H groups in total. The predicted molar refractivity (Wildman–Crippen MR) is 98.5 cm³/mol. The van der Waals surface area contributed by atoms with Gasteiger partial charge in [0.2, 0.25) is 0 Å². The number of carboxylic acids is 1. The van der Waals surface area contributed by atoms with Crippen LogP contribution in [0.2, 0.25) is 0 Å². The first kappa shape index (κ1) is 18.9. The fourth-order valence-corrected chi connectivity index (χ4v) is 2.84. The maximum atomic E-state index is 12.5. The molecule has 8 nitrogen and oxygen atoms in total. The molecule has 0 radical (unpaired) electrons. The van der Waals surface area contributed by atoms with E-state index in [1.165, 1.54) is 4.90 Å². The maximum Gasteiger partial charge on any atom is 0.415 e. The number of nitrogens with one attached hydrogen (secondary N) is 1. The van der Waals surface area contributed by atoms with Crippen molar-refractivity contribution in [1.82, 2.24) is 5.32 Å². The van der Waals surface area contributed by atoms with Crippen LogP contribution in [0.1, 0.15) is 11.1 Å². The number of benzene rings is 2. The topological polar surface area (TPSA) is 120 Å². The highest BCUT2D eigenvalue weighted by Crippen LogP contribution is 2.22. The highest BCUT2D eigenvalue weighted by Gasteiger charge is 2.38. The number of nitrogens with zero attached hydrogens (tertiary/aromatic N) is 2. The zero-order valence-corrected chi connectivity index (χ0v) is 14.7. The second-order valence-electron chi connectivity index (χ2n) is 6.23. The van der Waals surface area contributed by atoms with Gasteiger partial charge in [0.15, 0.2) is 6.10 Å². The lowest BCUT2D eigenvalue weighted by Gasteiger charge is -2.17. The summed E-state index contributed by atoms with van der Waals surface area (Å²) in [5.74, 6) is -1.85. The Morgan fingerprint density at radius 1 is 1.21 bits per heavy atom. The Morgan fingerprint density at radius 2 is 1.89 bits per heavy atom. The minimum Gasteiger partial charge on any atom is -0.480 e. The predicted octanol–water partition coefficient (Wildman–Crippen LogP) is 1.70. The highest BCUT2D eigenvalue weighted by molar-refractivity contribution is 5.96. The first-order chi connectivity index (χ1) is 13.5. The van der Waals surface area contributed by atoms with E-state index in [-0.39, 0.29) is 13.0 Å². The van der Waals surface area contributed by atoms with Crippen molar-refractivity contribution >= 4 is 23.7 Å². The monoisotopic (exact) mass is 379 g/mol. The Morgan fingerprint density at radius 3 is 2.50 bits per heavy atom. The number of hydrogen-bond donors (Lipinski definition) is 2. The molecule has 2 aromatic rings. The van der Waals surface area contributed by atoms with E-state index < -0.39 is 30.1 Å². The van der Waals surface area contributed by atoms with Gasteiger partial charge in [0, 0.05) is 12.1 Å². The van der Waals surface area contributed by atoms with Gasteiger partial charge in [0.1, 0.15) is 6.04 Å². The van der Waals surface area contributed by atoms with Gasteiger partial charge in [0.25, 0.3) is 5.91 Å². The fourth-order valence-electron chi connectivity index (χ4n) is 2.84. The molecule has 8 heteroatoms. The number of nitriles is 1. The van der Waals surface area contributed by atoms with Gasteiger partial charge in [-0.2, -0.15) is 5.26 Å². The van der Waals surface area contributed by atoms with E-state index in [1.54, 1.807) is 48.5 Å². The quantitative estimate of drug-likeness (QED) is 0.788. The smallest absolute Gasteiger partial charge is 0.415 e. The van der Waals surface area contributed by atoms with Crippen LogP contribution in [-0.4, -0.2) is 41.8 Å². The molecular formula is C20H17N3O5. The number of cyclic esters (lactones) is 1. The second-order valence-corrected chi connectivity index (χ2v) is 6.23. The van der Waals surface area contributed by atoms with Crippen LogP contribution in [-0.2, 0) is 20.7 Å². The summed E-state index contributed by atoms with van der Waals surface area (Å²) in [4.78, 5) is 37.3. The van der Waals surface area contributed by atoms with Crippen LogP contribution >= 0.6 is 0 Å². The van der Waals surface area contributed by atoms with E-state index in [0.29, 0.717) is 11.3 Å². The second kappa shape index (κ2) is 8.22. The standard InChI is InChI=1S/C20H17N3O5/c21-11-14-6-8-15(9-7-14)23-12-17(28-20(23)27)18(24)22-16(19(25)26)10-13-4-2-1-3-5-13/h1-9,16-17H,10,12H2,(H,22,24)(H,25,26). The lowest BCUT2D eigenvalue weighted by molar-refractivity contribution is -0.142. The molecular weight excluding hydrogens is 362 g/mol. The Labute approximate surface area is 160 Å². The summed E-state index contributed by atoms with van der Waals surface area (Å²) in [6, 6.07) is 16.0. The summed E-state index contributed by atoms with van der Waals surface area (Å²) in [6.07, 6.45) is -1.72. The number of hydrogen-bond acceptors (Lipinski definition) is 5. The van der Waals surface area contributed by atoms with E-state index in [2.05, 4.69) is 5.32 Å². The van der Waals surface area contributed by atoms with Gasteiger partial charge in [-0.05, 0) is 29.8 Å². The van der Waals surface area contributed by atoms with Crippen molar-refractivity contribution in [1.29, 1.82) is 5.26 Å². The molecule has 0 bridgehead atoms. The van der Waals surface area contributed by atoms with E-state index in [9.17, 15) is 19.5 Å². The van der Waals surface area contributed by atoms with Crippen LogP contribution in [0, 0.1) is 11.3 Å². The van der Waals surface area contributed by atoms with Crippen LogP contribution in [0.3, 0.4) is 0 Å². The van der Waals surface area contributed by atoms with Crippen molar-refractivity contribution in [3.63, 3.8) is 0 Å². The third-order valence-corrected chi connectivity index (χ3v) is 4.31. The van der Waals surface area contributed by atoms with Crippen molar-refractivity contribution in [3.05, 3.63) is 65.7 Å². The van der Waals surface area contributed by atoms with Gasteiger partial charge >= 0.3 is 12.1 Å². The van der Waals surface area contributed by atoms with Crippen molar-refractivity contribution in [2.45, 2.75) is 18.6 Å². The van der Waals surface area contributed by atoms with E-state index in [1.807, 2.05) is 12.1 Å². The number of carboxylic acid groups (broad SMARTS) is 1. The van der Waals surface area contributed by atoms with Crippen molar-refractivity contribution in [2.24, 2.45) is 0 Å². The Kier molecular flexibility index (Phi) is 5.56. The van der Waals surface area contributed by atoms with Gasteiger partial charge in [-0.25, -0.2) is 9.59 Å². The van der Waals surface area contributed by atoms with Crippen molar-refractivity contribution in [2.75, 3.05) is 11.4 Å². The van der Waals surface area contributed by atoms with Gasteiger partial charge in [0.05, 0.1) is 18.2 Å². The number of rotatable bonds is 6. The number of amides is 2. The van der Waals surface area contributed by atoms with Gasteiger partial charge in [-0.15, -0.1) is 0 Å². The summed E-state index contributed by atoms with van der Waals surface area (Å²) in [6.45, 7) is -0.0474. The molecule has 2 aromatic carbocycles. The number of anilines is 1. The largest absolute Gasteiger partial charge is 0.480 e. The van der Waals surface area contributed by atoms with Crippen molar-refractivity contribution in [3.8, 4) is 6.07 Å². The average Bonchev–Trinajstić information content (AvgIpc) is 3.10. The molecule has 3 rings (SSSR count). The molecule has 2 amide bonds. The van der Waals surface area contributed by atoms with E-state index in [0.717, 1.165) is 5.56 Å². The minimum atomic E-state index is -1.18. The van der Waals surface area contributed by atoms with Gasteiger partial charge in [-0.1, -0.05) is 30.3 Å². The molecule has 0 saturated carbocycles. The zero-order chi connectivity index (χ0) is 20.1. The van der Waals surface area contributed by atoms with Crippen LogP contribution in [0.15, 0.2) is 54.6 Å². The number of ether oxygens (including phenoxy) is 1. The number of carbonyl (C=O) groups excluding carboxylic acids is 2. The molecule has 1 heterocycles. The number of aliphatic carboxylic acids is 1. The molecule has 0 spiro atoms. The molecule has 142 valence electrons. The molecule has 0 aliphatic carbocycles. The lowest BCUT2D eigenvalue weighted by atomic mass is 10.1. The maximum absolute atomic E-state index is 12.5. The highest BCUT2D eigenvalue weighted by atomic mass is 16.6. The zero-order valence-electron chi connectivity index (χ0n) is 14.7. The molecule has 1 aliphatic rings. The van der Waals surface area contributed by atoms with E-state index in [4.69, 9.17) is 10.00 Å². The summed E-state index contributed by atoms with van der Waals surface area (Å²) in [5.41, 5.74) is 1.69. The molecule has 2 atom stereocenters. The first-order valence-corrected chi connectivity index (χ1v) is 8.53. The summed E-state index contributed by atoms with van der Waals surface area (Å²) < 4.78 is 5.09. The Bertz CT molecular complexity index is 921. The molecule has 28 heavy (non-hydrogen) atoms. The van der Waals surface area contributed by atoms with Crippen LogP contribution < -0.4 is 10.2 Å². The third kappa shape index (κ3) is 4.27.